The van der Waals surface area contributed by atoms with Crippen molar-refractivity contribution in [1.82, 2.24) is 10.2 Å². The van der Waals surface area contributed by atoms with Crippen LogP contribution in [0.25, 0.3) is 9.88 Å². The van der Waals surface area contributed by atoms with Gasteiger partial charge in [-0.2, -0.15) is 5.10 Å². The highest BCUT2D eigenvalue weighted by Gasteiger charge is 2.02. The third-order valence-electron chi connectivity index (χ3n) is 1.17. The van der Waals surface area contributed by atoms with Crippen LogP contribution in [0.15, 0.2) is 22.3 Å². The number of rotatable bonds is 1. The molecule has 0 radical (unpaired) electrons. The van der Waals surface area contributed by atoms with Gasteiger partial charge in [-0.1, -0.05) is 17.4 Å². The van der Waals surface area contributed by atoms with E-state index in [0.717, 1.165) is 21.2 Å². The minimum Gasteiger partial charge on any atom is -0.255 e. The minimum atomic E-state index is -0.103. The van der Waals surface area contributed by atoms with Gasteiger partial charge in [-0.05, 0) is 11.4 Å². The van der Waals surface area contributed by atoms with E-state index < -0.39 is 0 Å². The predicted molar refractivity (Wildman–Crippen MR) is 46.0 cm³/mol. The minimum absolute atomic E-state index is 0.103. The molecular formula is C6H4N2OS2. The van der Waals surface area contributed by atoms with E-state index in [0.29, 0.717) is 0 Å². The molecule has 0 amide bonds. The highest BCUT2D eigenvalue weighted by atomic mass is 32.1. The van der Waals surface area contributed by atoms with Crippen molar-refractivity contribution in [2.24, 2.45) is 0 Å². The van der Waals surface area contributed by atoms with E-state index in [2.05, 4.69) is 10.2 Å². The molecule has 2 aromatic heterocycles. The molecule has 0 aliphatic heterocycles. The quantitative estimate of drug-likeness (QED) is 0.731. The van der Waals surface area contributed by atoms with Gasteiger partial charge in [0, 0.05) is 0 Å². The van der Waals surface area contributed by atoms with E-state index in [9.17, 15) is 4.79 Å². The fourth-order valence-electron chi connectivity index (χ4n) is 0.736. The summed E-state index contributed by atoms with van der Waals surface area (Å²) in [5.74, 6) is 0. The first-order valence-electron chi connectivity index (χ1n) is 2.95. The van der Waals surface area contributed by atoms with Gasteiger partial charge >= 0.3 is 4.87 Å². The van der Waals surface area contributed by atoms with Gasteiger partial charge in [0.05, 0.1) is 4.88 Å². The van der Waals surface area contributed by atoms with Crippen LogP contribution >= 0.6 is 22.7 Å². The van der Waals surface area contributed by atoms with Crippen LogP contribution in [0.1, 0.15) is 0 Å². The van der Waals surface area contributed by atoms with Gasteiger partial charge < -0.3 is 0 Å². The zero-order valence-electron chi connectivity index (χ0n) is 5.40. The van der Waals surface area contributed by atoms with Gasteiger partial charge in [0.1, 0.15) is 0 Å². The van der Waals surface area contributed by atoms with Crippen LogP contribution in [0.3, 0.4) is 0 Å². The van der Waals surface area contributed by atoms with Crippen LogP contribution in [-0.4, -0.2) is 10.2 Å². The largest absolute Gasteiger partial charge is 0.322 e. The molecular weight excluding hydrogens is 180 g/mol. The molecule has 0 fully saturated rings. The fourth-order valence-corrected chi connectivity index (χ4v) is 2.14. The molecule has 1 N–H and O–H groups in total. The molecule has 5 heteroatoms. The maximum absolute atomic E-state index is 10.7. The topological polar surface area (TPSA) is 45.8 Å². The average molecular weight is 184 g/mol. The van der Waals surface area contributed by atoms with Gasteiger partial charge in [-0.15, -0.1) is 11.3 Å². The van der Waals surface area contributed by atoms with Crippen LogP contribution in [-0.2, 0) is 0 Å². The maximum Gasteiger partial charge on any atom is 0.322 e. The Balaban J connectivity index is 2.53. The number of nitrogens with one attached hydrogen (secondary N) is 1. The first-order chi connectivity index (χ1) is 5.36. The molecule has 2 aromatic rings. The SMILES string of the molecule is O=c1[nH]nc(-c2cccs2)s1. The number of hydrogen-bond donors (Lipinski definition) is 1. The lowest BCUT2D eigenvalue weighted by atomic mass is 10.5. The summed E-state index contributed by atoms with van der Waals surface area (Å²) in [5.41, 5.74) is 0. The maximum atomic E-state index is 10.7. The average Bonchev–Trinajstić information content (AvgIpc) is 2.55. The van der Waals surface area contributed by atoms with Gasteiger partial charge in [0.2, 0.25) is 0 Å². The summed E-state index contributed by atoms with van der Waals surface area (Å²) >= 11 is 2.71. The second-order valence-electron chi connectivity index (χ2n) is 1.90. The lowest BCUT2D eigenvalue weighted by Crippen LogP contribution is -1.90. The van der Waals surface area contributed by atoms with Crippen LogP contribution in [0.2, 0.25) is 0 Å². The second kappa shape index (κ2) is 2.60. The van der Waals surface area contributed by atoms with E-state index in [1.54, 1.807) is 11.3 Å². The molecule has 0 spiro atoms. The fraction of sp³-hybridized carbons (Fsp3) is 0. The van der Waals surface area contributed by atoms with E-state index in [1.165, 1.54) is 0 Å². The van der Waals surface area contributed by atoms with Gasteiger partial charge in [-0.25, -0.2) is 5.10 Å². The smallest absolute Gasteiger partial charge is 0.255 e. The van der Waals surface area contributed by atoms with Crippen LogP contribution in [0.4, 0.5) is 0 Å². The van der Waals surface area contributed by atoms with E-state index in [4.69, 9.17) is 0 Å². The van der Waals surface area contributed by atoms with Crippen LogP contribution in [0, 0.1) is 0 Å². The summed E-state index contributed by atoms with van der Waals surface area (Å²) in [6.45, 7) is 0. The van der Waals surface area contributed by atoms with Crippen molar-refractivity contribution in [2.45, 2.75) is 0 Å². The van der Waals surface area contributed by atoms with E-state index in [1.807, 2.05) is 17.5 Å². The van der Waals surface area contributed by atoms with Crippen molar-refractivity contribution in [3.63, 3.8) is 0 Å². The number of thiophene rings is 1. The predicted octanol–water partition coefficient (Wildman–Crippen LogP) is 1.56. The number of aromatic amines is 1. The summed E-state index contributed by atoms with van der Waals surface area (Å²) in [6, 6.07) is 3.88. The molecule has 2 rings (SSSR count). The normalized spacial score (nSPS) is 10.2. The molecule has 0 bridgehead atoms. The summed E-state index contributed by atoms with van der Waals surface area (Å²) in [5, 5.41) is 8.95. The molecule has 0 aliphatic carbocycles. The number of H-pyrrole nitrogens is 1. The summed E-state index contributed by atoms with van der Waals surface area (Å²) in [6.07, 6.45) is 0. The van der Waals surface area contributed by atoms with Crippen molar-refractivity contribution in [2.75, 3.05) is 0 Å². The third kappa shape index (κ3) is 1.24. The zero-order valence-corrected chi connectivity index (χ0v) is 7.04. The molecule has 0 saturated carbocycles. The molecule has 0 unspecified atom stereocenters. The summed E-state index contributed by atoms with van der Waals surface area (Å²) in [4.78, 5) is 11.6. The Morgan fingerprint density at radius 2 is 2.45 bits per heavy atom. The molecule has 56 valence electrons. The summed E-state index contributed by atoms with van der Waals surface area (Å²) < 4.78 is 0. The molecule has 11 heavy (non-hydrogen) atoms. The van der Waals surface area contributed by atoms with Gasteiger partial charge in [-0.3, -0.25) is 4.79 Å². The standard InChI is InChI=1S/C6H4N2OS2/c9-6-8-7-5(11-6)4-2-1-3-10-4/h1-3H,(H,8,9). The van der Waals surface area contributed by atoms with Crippen molar-refractivity contribution in [3.05, 3.63) is 27.2 Å². The first kappa shape index (κ1) is 6.75. The molecule has 0 atom stereocenters. The van der Waals surface area contributed by atoms with Crippen molar-refractivity contribution >= 4 is 22.7 Å². The Labute approximate surface area is 70.3 Å². The van der Waals surface area contributed by atoms with Gasteiger partial charge in [0.25, 0.3) is 0 Å². The Kier molecular flexibility index (Phi) is 1.59. The van der Waals surface area contributed by atoms with E-state index in [-0.39, 0.29) is 4.87 Å². The Morgan fingerprint density at radius 3 is 3.00 bits per heavy atom. The van der Waals surface area contributed by atoms with Crippen molar-refractivity contribution in [1.29, 1.82) is 0 Å². The highest BCUT2D eigenvalue weighted by Crippen LogP contribution is 2.23. The lowest BCUT2D eigenvalue weighted by molar-refractivity contribution is 1.06. The molecule has 0 aliphatic rings. The van der Waals surface area contributed by atoms with E-state index >= 15 is 0 Å². The Hall–Kier alpha value is -0.940. The highest BCUT2D eigenvalue weighted by molar-refractivity contribution is 7.19. The monoisotopic (exact) mass is 184 g/mol. The molecule has 3 nitrogen and oxygen atoms in total. The Morgan fingerprint density at radius 1 is 1.55 bits per heavy atom. The first-order valence-corrected chi connectivity index (χ1v) is 4.65. The van der Waals surface area contributed by atoms with Crippen LogP contribution < -0.4 is 4.87 Å². The van der Waals surface area contributed by atoms with Crippen LogP contribution in [0.5, 0.6) is 0 Å². The summed E-state index contributed by atoms with van der Waals surface area (Å²) in [7, 11) is 0. The second-order valence-corrected chi connectivity index (χ2v) is 3.80. The zero-order chi connectivity index (χ0) is 7.68. The Bertz CT molecular complexity index is 387. The lowest BCUT2D eigenvalue weighted by Gasteiger charge is -1.81. The number of aromatic nitrogens is 2. The molecule has 2 heterocycles. The molecule has 0 saturated heterocycles. The van der Waals surface area contributed by atoms with Crippen molar-refractivity contribution in [3.8, 4) is 9.88 Å². The third-order valence-corrected chi connectivity index (χ3v) is 2.96. The van der Waals surface area contributed by atoms with Gasteiger partial charge in [0.15, 0.2) is 5.01 Å². The molecule has 0 aromatic carbocycles. The number of nitrogens with zero attached hydrogens (tertiary/aromatic N) is 1. The van der Waals surface area contributed by atoms with Crippen molar-refractivity contribution < 1.29 is 0 Å². The number of hydrogen-bond acceptors (Lipinski definition) is 4.